The van der Waals surface area contributed by atoms with Crippen LogP contribution in [0.1, 0.15) is 18.7 Å². The van der Waals surface area contributed by atoms with E-state index in [-0.39, 0.29) is 6.04 Å². The largest absolute Gasteiger partial charge is 0.417 e. The van der Waals surface area contributed by atoms with Gasteiger partial charge in [0.05, 0.1) is 28.6 Å². The van der Waals surface area contributed by atoms with Crippen LogP contribution in [0.2, 0.25) is 0 Å². The summed E-state index contributed by atoms with van der Waals surface area (Å²) < 4.78 is 4.96. The van der Waals surface area contributed by atoms with Crippen LogP contribution in [0.4, 0.5) is 11.4 Å². The average molecular weight is 270 g/mol. The lowest BCUT2D eigenvalue weighted by atomic mass is 10.2. The highest BCUT2D eigenvalue weighted by atomic mass is 16.4. The van der Waals surface area contributed by atoms with Gasteiger partial charge in [-0.15, -0.1) is 0 Å². The number of nitrogen functional groups attached to an aromatic ring is 1. The summed E-state index contributed by atoms with van der Waals surface area (Å²) in [6.45, 7) is 1.99. The van der Waals surface area contributed by atoms with Crippen LogP contribution in [0.5, 0.6) is 0 Å². The van der Waals surface area contributed by atoms with Crippen molar-refractivity contribution in [3.63, 3.8) is 0 Å². The van der Waals surface area contributed by atoms with E-state index in [1.165, 1.54) is 0 Å². The molecule has 2 heterocycles. The molecule has 20 heavy (non-hydrogen) atoms. The topological polar surface area (TPSA) is 96.9 Å². The minimum absolute atomic E-state index is 0.00503. The maximum absolute atomic E-state index is 11.2. The van der Waals surface area contributed by atoms with E-state index in [1.807, 2.05) is 25.1 Å². The van der Waals surface area contributed by atoms with Crippen LogP contribution >= 0.6 is 0 Å². The quantitative estimate of drug-likeness (QED) is 0.634. The third-order valence-electron chi connectivity index (χ3n) is 3.09. The molecule has 4 N–H and O–H groups in total. The number of nitrogens with two attached hydrogens (primary N) is 1. The highest BCUT2D eigenvalue weighted by molar-refractivity contribution is 5.85. The Hall–Kier alpha value is -2.76. The Kier molecular flexibility index (Phi) is 2.90. The van der Waals surface area contributed by atoms with E-state index in [4.69, 9.17) is 10.2 Å². The van der Waals surface area contributed by atoms with Crippen LogP contribution in [0.3, 0.4) is 0 Å². The minimum atomic E-state index is -0.491. The lowest BCUT2D eigenvalue weighted by molar-refractivity contribution is 0.555. The van der Waals surface area contributed by atoms with Gasteiger partial charge in [0.15, 0.2) is 5.58 Å². The molecule has 0 aliphatic carbocycles. The molecule has 0 aliphatic heterocycles. The molecule has 1 aromatic carbocycles. The molecule has 1 atom stereocenters. The third kappa shape index (κ3) is 2.23. The predicted octanol–water partition coefficient (Wildman–Crippen LogP) is 2.27. The Morgan fingerprint density at radius 2 is 2.25 bits per heavy atom. The van der Waals surface area contributed by atoms with Gasteiger partial charge in [0.2, 0.25) is 0 Å². The molecule has 0 saturated heterocycles. The number of hydrogen-bond donors (Lipinski definition) is 3. The van der Waals surface area contributed by atoms with Crippen molar-refractivity contribution in [1.29, 1.82) is 0 Å². The van der Waals surface area contributed by atoms with E-state index in [9.17, 15) is 4.79 Å². The van der Waals surface area contributed by atoms with Crippen LogP contribution in [-0.4, -0.2) is 9.97 Å². The van der Waals surface area contributed by atoms with E-state index in [1.54, 1.807) is 18.3 Å². The van der Waals surface area contributed by atoms with E-state index in [0.29, 0.717) is 16.8 Å². The van der Waals surface area contributed by atoms with Gasteiger partial charge in [0.1, 0.15) is 0 Å². The van der Waals surface area contributed by atoms with Gasteiger partial charge in [-0.25, -0.2) is 4.79 Å². The molecule has 0 fully saturated rings. The summed E-state index contributed by atoms with van der Waals surface area (Å²) in [5, 5.41) is 3.28. The number of oxazole rings is 1. The SMILES string of the molecule is CC(Nc1cc2[nH]c(=O)oc2cc1N)c1ccccn1. The Morgan fingerprint density at radius 1 is 1.40 bits per heavy atom. The summed E-state index contributed by atoms with van der Waals surface area (Å²) in [5.74, 6) is -0.491. The van der Waals surface area contributed by atoms with Crippen LogP contribution in [0.25, 0.3) is 11.1 Å². The molecular formula is C14H14N4O2. The normalized spacial score (nSPS) is 12.4. The molecule has 3 rings (SSSR count). The van der Waals surface area contributed by atoms with Crippen molar-refractivity contribution in [2.75, 3.05) is 11.1 Å². The average Bonchev–Trinajstić information content (AvgIpc) is 2.79. The molecular weight excluding hydrogens is 256 g/mol. The van der Waals surface area contributed by atoms with E-state index in [0.717, 1.165) is 11.4 Å². The molecule has 1 unspecified atom stereocenters. The number of aromatic amines is 1. The highest BCUT2D eigenvalue weighted by Crippen LogP contribution is 2.27. The van der Waals surface area contributed by atoms with Gasteiger partial charge >= 0.3 is 5.76 Å². The Bertz CT molecular complexity index is 792. The number of H-pyrrole nitrogens is 1. The van der Waals surface area contributed by atoms with Gasteiger partial charge in [-0.2, -0.15) is 0 Å². The molecule has 0 amide bonds. The van der Waals surface area contributed by atoms with Gasteiger partial charge < -0.3 is 15.5 Å². The minimum Gasteiger partial charge on any atom is -0.408 e. The van der Waals surface area contributed by atoms with Crippen LogP contribution < -0.4 is 16.8 Å². The zero-order valence-electron chi connectivity index (χ0n) is 10.9. The molecule has 2 aromatic heterocycles. The van der Waals surface area contributed by atoms with E-state index in [2.05, 4.69) is 15.3 Å². The zero-order valence-corrected chi connectivity index (χ0v) is 10.9. The zero-order chi connectivity index (χ0) is 14.1. The van der Waals surface area contributed by atoms with Crippen molar-refractivity contribution < 1.29 is 4.42 Å². The molecule has 102 valence electrons. The summed E-state index contributed by atoms with van der Waals surface area (Å²) in [4.78, 5) is 18.1. The fraction of sp³-hybridized carbons (Fsp3) is 0.143. The Balaban J connectivity index is 1.94. The molecule has 6 heteroatoms. The van der Waals surface area contributed by atoms with Crippen LogP contribution in [-0.2, 0) is 0 Å². The Morgan fingerprint density at radius 3 is 3.00 bits per heavy atom. The van der Waals surface area contributed by atoms with Gasteiger partial charge in [0, 0.05) is 12.3 Å². The highest BCUT2D eigenvalue weighted by Gasteiger charge is 2.11. The second kappa shape index (κ2) is 4.73. The van der Waals surface area contributed by atoms with Gasteiger partial charge in [-0.1, -0.05) is 6.07 Å². The van der Waals surface area contributed by atoms with E-state index < -0.39 is 5.76 Å². The third-order valence-corrected chi connectivity index (χ3v) is 3.09. The van der Waals surface area contributed by atoms with Crippen LogP contribution in [0, 0.1) is 0 Å². The predicted molar refractivity (Wildman–Crippen MR) is 77.5 cm³/mol. The number of rotatable bonds is 3. The monoisotopic (exact) mass is 270 g/mol. The van der Waals surface area contributed by atoms with Crippen molar-refractivity contribution in [2.45, 2.75) is 13.0 Å². The summed E-state index contributed by atoms with van der Waals surface area (Å²) >= 11 is 0. The summed E-state index contributed by atoms with van der Waals surface area (Å²) in [7, 11) is 0. The van der Waals surface area contributed by atoms with Crippen LogP contribution in [0.15, 0.2) is 45.7 Å². The van der Waals surface area contributed by atoms with Gasteiger partial charge in [-0.05, 0) is 25.1 Å². The maximum Gasteiger partial charge on any atom is 0.417 e. The fourth-order valence-electron chi connectivity index (χ4n) is 2.08. The maximum atomic E-state index is 11.2. The number of nitrogens with zero attached hydrogens (tertiary/aromatic N) is 1. The van der Waals surface area contributed by atoms with Crippen molar-refractivity contribution in [2.24, 2.45) is 0 Å². The molecule has 0 radical (unpaired) electrons. The lowest BCUT2D eigenvalue weighted by Gasteiger charge is -2.16. The second-order valence-electron chi connectivity index (χ2n) is 4.57. The first kappa shape index (κ1) is 12.3. The molecule has 3 aromatic rings. The first-order valence-corrected chi connectivity index (χ1v) is 6.23. The van der Waals surface area contributed by atoms with E-state index >= 15 is 0 Å². The number of anilines is 2. The summed E-state index contributed by atoms with van der Waals surface area (Å²) in [6, 6.07) is 9.12. The first-order chi connectivity index (χ1) is 9.63. The molecule has 0 saturated carbocycles. The summed E-state index contributed by atoms with van der Waals surface area (Å²) in [5.41, 5.74) is 9.18. The fourth-order valence-corrected chi connectivity index (χ4v) is 2.08. The van der Waals surface area contributed by atoms with Crippen molar-refractivity contribution >= 4 is 22.5 Å². The summed E-state index contributed by atoms with van der Waals surface area (Å²) in [6.07, 6.45) is 1.74. The molecule has 6 nitrogen and oxygen atoms in total. The lowest BCUT2D eigenvalue weighted by Crippen LogP contribution is -2.09. The Labute approximate surface area is 114 Å². The second-order valence-corrected chi connectivity index (χ2v) is 4.57. The molecule has 0 spiro atoms. The molecule has 0 aliphatic rings. The van der Waals surface area contributed by atoms with Crippen molar-refractivity contribution in [3.8, 4) is 0 Å². The molecule has 0 bridgehead atoms. The number of pyridine rings is 1. The first-order valence-electron chi connectivity index (χ1n) is 6.23. The standard InChI is InChI=1S/C14H14N4O2/c1-8(10-4-2-3-5-16-10)17-11-7-12-13(6-9(11)15)20-14(19)18-12/h2-8,17H,15H2,1H3,(H,18,19). The smallest absolute Gasteiger partial charge is 0.408 e. The van der Waals surface area contributed by atoms with Gasteiger partial charge in [0.25, 0.3) is 0 Å². The van der Waals surface area contributed by atoms with Gasteiger partial charge in [-0.3, -0.25) is 9.97 Å². The number of nitrogens with one attached hydrogen (secondary N) is 2. The number of fused-ring (bicyclic) bond motifs is 1. The number of benzene rings is 1. The number of aromatic nitrogens is 2. The number of hydrogen-bond acceptors (Lipinski definition) is 5. The van der Waals surface area contributed by atoms with Crippen molar-refractivity contribution in [1.82, 2.24) is 9.97 Å². The van der Waals surface area contributed by atoms with Crippen molar-refractivity contribution in [3.05, 3.63) is 52.8 Å².